The second-order valence-electron chi connectivity index (χ2n) is 3.49. The number of nitrogens with zero attached hydrogens (tertiary/aromatic N) is 1. The van der Waals surface area contributed by atoms with Crippen molar-refractivity contribution in [3.8, 4) is 0 Å². The smallest absolute Gasteiger partial charge is 0.222 e. The number of hydrogen-bond acceptors (Lipinski definition) is 2. The molecule has 0 aliphatic carbocycles. The molecule has 3 heteroatoms. The Morgan fingerprint density at radius 2 is 2.42 bits per heavy atom. The molecule has 12 heavy (non-hydrogen) atoms. The summed E-state index contributed by atoms with van der Waals surface area (Å²) in [6.07, 6.45) is 3.74. The van der Waals surface area contributed by atoms with E-state index in [1.807, 2.05) is 11.8 Å². The Hall–Kier alpha value is -0.570. The number of piperidine rings is 1. The summed E-state index contributed by atoms with van der Waals surface area (Å²) < 4.78 is 0. The minimum Gasteiger partial charge on any atom is -0.341 e. The first-order valence-electron chi connectivity index (χ1n) is 4.77. The Bertz CT molecular complexity index is 159. The van der Waals surface area contributed by atoms with E-state index in [1.54, 1.807) is 0 Å². The lowest BCUT2D eigenvalue weighted by atomic mass is 10.1. The summed E-state index contributed by atoms with van der Waals surface area (Å²) in [7, 11) is 0. The topological polar surface area (TPSA) is 46.3 Å². The monoisotopic (exact) mass is 170 g/mol. The lowest BCUT2D eigenvalue weighted by Crippen LogP contribution is -2.45. The Kier molecular flexibility index (Phi) is 3.53. The lowest BCUT2D eigenvalue weighted by Gasteiger charge is -2.30. The SMILES string of the molecule is CCCC(=O)N1CCC[C@H](N)C1. The number of hydrogen-bond donors (Lipinski definition) is 1. The minimum atomic E-state index is 0.208. The summed E-state index contributed by atoms with van der Waals surface area (Å²) in [4.78, 5) is 13.3. The number of rotatable bonds is 2. The van der Waals surface area contributed by atoms with E-state index < -0.39 is 0 Å². The van der Waals surface area contributed by atoms with Gasteiger partial charge in [0.05, 0.1) is 0 Å². The molecule has 0 bridgehead atoms. The van der Waals surface area contributed by atoms with Crippen molar-refractivity contribution >= 4 is 5.91 Å². The van der Waals surface area contributed by atoms with Crippen LogP contribution in [0.4, 0.5) is 0 Å². The van der Waals surface area contributed by atoms with Gasteiger partial charge in [-0.1, -0.05) is 6.92 Å². The fourth-order valence-electron chi connectivity index (χ4n) is 1.61. The van der Waals surface area contributed by atoms with Crippen molar-refractivity contribution in [2.45, 2.75) is 38.6 Å². The number of carbonyl (C=O) groups excluding carboxylic acids is 1. The number of carbonyl (C=O) groups is 1. The molecular weight excluding hydrogens is 152 g/mol. The molecular formula is C9H18N2O. The molecule has 0 aromatic carbocycles. The highest BCUT2D eigenvalue weighted by Gasteiger charge is 2.19. The van der Waals surface area contributed by atoms with Gasteiger partial charge in [-0.25, -0.2) is 0 Å². The zero-order chi connectivity index (χ0) is 8.97. The van der Waals surface area contributed by atoms with Crippen LogP contribution in [0.1, 0.15) is 32.6 Å². The van der Waals surface area contributed by atoms with E-state index in [0.29, 0.717) is 6.42 Å². The number of nitrogens with two attached hydrogens (primary N) is 1. The van der Waals surface area contributed by atoms with E-state index in [2.05, 4.69) is 0 Å². The molecule has 2 N–H and O–H groups in total. The van der Waals surface area contributed by atoms with Crippen LogP contribution in [0.5, 0.6) is 0 Å². The molecule has 1 saturated heterocycles. The van der Waals surface area contributed by atoms with Gasteiger partial charge >= 0.3 is 0 Å². The van der Waals surface area contributed by atoms with Crippen LogP contribution in [0.3, 0.4) is 0 Å². The highest BCUT2D eigenvalue weighted by molar-refractivity contribution is 5.76. The number of likely N-dealkylation sites (tertiary alicyclic amines) is 1. The maximum atomic E-state index is 11.4. The van der Waals surface area contributed by atoms with Crippen LogP contribution in [0.2, 0.25) is 0 Å². The predicted molar refractivity (Wildman–Crippen MR) is 48.7 cm³/mol. The van der Waals surface area contributed by atoms with E-state index in [9.17, 15) is 4.79 Å². The van der Waals surface area contributed by atoms with Gasteiger partial charge in [-0.15, -0.1) is 0 Å². The molecule has 0 unspecified atom stereocenters. The Morgan fingerprint density at radius 1 is 1.67 bits per heavy atom. The average molecular weight is 170 g/mol. The van der Waals surface area contributed by atoms with Crippen LogP contribution in [0.15, 0.2) is 0 Å². The van der Waals surface area contributed by atoms with Crippen LogP contribution in [-0.4, -0.2) is 29.9 Å². The van der Waals surface area contributed by atoms with Gasteiger partial charge in [0.1, 0.15) is 0 Å². The number of amides is 1. The van der Waals surface area contributed by atoms with Crippen molar-refractivity contribution in [3.63, 3.8) is 0 Å². The first-order chi connectivity index (χ1) is 5.74. The normalized spacial score (nSPS) is 24.2. The molecule has 1 aliphatic rings. The van der Waals surface area contributed by atoms with Gasteiger partial charge in [-0.2, -0.15) is 0 Å². The summed E-state index contributed by atoms with van der Waals surface area (Å²) in [6, 6.07) is 0.208. The van der Waals surface area contributed by atoms with E-state index in [-0.39, 0.29) is 11.9 Å². The Morgan fingerprint density at radius 3 is 3.00 bits per heavy atom. The largest absolute Gasteiger partial charge is 0.341 e. The molecule has 0 saturated carbocycles. The highest BCUT2D eigenvalue weighted by Crippen LogP contribution is 2.09. The second kappa shape index (κ2) is 4.45. The van der Waals surface area contributed by atoms with Gasteiger partial charge in [0.25, 0.3) is 0 Å². The third-order valence-electron chi connectivity index (χ3n) is 2.27. The van der Waals surface area contributed by atoms with E-state index in [4.69, 9.17) is 5.73 Å². The van der Waals surface area contributed by atoms with E-state index in [1.165, 1.54) is 0 Å². The zero-order valence-electron chi connectivity index (χ0n) is 7.75. The Labute approximate surface area is 73.9 Å². The van der Waals surface area contributed by atoms with Gasteiger partial charge in [0.2, 0.25) is 5.91 Å². The van der Waals surface area contributed by atoms with Gasteiger partial charge in [-0.05, 0) is 19.3 Å². The summed E-state index contributed by atoms with van der Waals surface area (Å²) in [5.41, 5.74) is 5.77. The fourth-order valence-corrected chi connectivity index (χ4v) is 1.61. The van der Waals surface area contributed by atoms with Crippen molar-refractivity contribution in [2.75, 3.05) is 13.1 Å². The maximum Gasteiger partial charge on any atom is 0.222 e. The van der Waals surface area contributed by atoms with Crippen LogP contribution in [-0.2, 0) is 4.79 Å². The molecule has 0 spiro atoms. The fraction of sp³-hybridized carbons (Fsp3) is 0.889. The predicted octanol–water partition coefficient (Wildman–Crippen LogP) is 0.736. The second-order valence-corrected chi connectivity index (χ2v) is 3.49. The molecule has 1 heterocycles. The minimum absolute atomic E-state index is 0.208. The van der Waals surface area contributed by atoms with Gasteiger partial charge < -0.3 is 10.6 Å². The first kappa shape index (κ1) is 9.52. The molecule has 70 valence electrons. The molecule has 1 aliphatic heterocycles. The molecule has 1 fully saturated rings. The molecule has 0 aromatic heterocycles. The van der Waals surface area contributed by atoms with Gasteiger partial charge in [0, 0.05) is 25.6 Å². The lowest BCUT2D eigenvalue weighted by molar-refractivity contribution is -0.132. The molecule has 0 radical (unpaired) electrons. The maximum absolute atomic E-state index is 11.4. The molecule has 1 rings (SSSR count). The van der Waals surface area contributed by atoms with Crippen LogP contribution in [0, 0.1) is 0 Å². The Balaban J connectivity index is 2.35. The van der Waals surface area contributed by atoms with Crippen LogP contribution < -0.4 is 5.73 Å². The molecule has 0 aromatic rings. The first-order valence-corrected chi connectivity index (χ1v) is 4.77. The third kappa shape index (κ3) is 2.48. The van der Waals surface area contributed by atoms with Crippen molar-refractivity contribution in [2.24, 2.45) is 5.73 Å². The summed E-state index contributed by atoms with van der Waals surface area (Å²) in [5.74, 6) is 0.271. The zero-order valence-corrected chi connectivity index (χ0v) is 7.75. The van der Waals surface area contributed by atoms with Crippen LogP contribution >= 0.6 is 0 Å². The standard InChI is InChI=1S/C9H18N2O/c1-2-4-9(12)11-6-3-5-8(10)7-11/h8H,2-7,10H2,1H3/t8-/m0/s1. The van der Waals surface area contributed by atoms with Crippen molar-refractivity contribution < 1.29 is 4.79 Å². The quantitative estimate of drug-likeness (QED) is 0.664. The van der Waals surface area contributed by atoms with Gasteiger partial charge in [-0.3, -0.25) is 4.79 Å². The van der Waals surface area contributed by atoms with Crippen LogP contribution in [0.25, 0.3) is 0 Å². The van der Waals surface area contributed by atoms with E-state index >= 15 is 0 Å². The van der Waals surface area contributed by atoms with Crippen molar-refractivity contribution in [3.05, 3.63) is 0 Å². The molecule has 1 atom stereocenters. The average Bonchev–Trinajstić information content (AvgIpc) is 2.05. The highest BCUT2D eigenvalue weighted by atomic mass is 16.2. The molecule has 1 amide bonds. The van der Waals surface area contributed by atoms with Gasteiger partial charge in [0.15, 0.2) is 0 Å². The summed E-state index contributed by atoms with van der Waals surface area (Å²) in [6.45, 7) is 3.70. The summed E-state index contributed by atoms with van der Waals surface area (Å²) in [5, 5.41) is 0. The van der Waals surface area contributed by atoms with Crippen molar-refractivity contribution in [1.29, 1.82) is 0 Å². The third-order valence-corrected chi connectivity index (χ3v) is 2.27. The molecule has 3 nitrogen and oxygen atoms in total. The summed E-state index contributed by atoms with van der Waals surface area (Å²) >= 11 is 0. The van der Waals surface area contributed by atoms with Crippen molar-refractivity contribution in [1.82, 2.24) is 4.90 Å². The van der Waals surface area contributed by atoms with E-state index in [0.717, 1.165) is 32.4 Å².